The van der Waals surface area contributed by atoms with Gasteiger partial charge in [0, 0.05) is 7.11 Å². The Bertz CT molecular complexity index is 59.0. The van der Waals surface area contributed by atoms with E-state index < -0.39 is 0 Å². The molecule has 0 aromatic rings. The highest BCUT2D eigenvalue weighted by atomic mass is 32.1. The van der Waals surface area contributed by atoms with Crippen LogP contribution in [0.15, 0.2) is 0 Å². The zero-order valence-corrected chi connectivity index (χ0v) is 6.74. The number of methoxy groups -OCH3 is 1. The summed E-state index contributed by atoms with van der Waals surface area (Å²) in [4.78, 5) is 0. The van der Waals surface area contributed by atoms with Gasteiger partial charge in [-0.25, -0.2) is 0 Å². The second kappa shape index (κ2) is 6.39. The molecule has 1 radical (unpaired) electrons. The molecule has 55 valence electrons. The molecule has 0 saturated carbocycles. The van der Waals surface area contributed by atoms with Gasteiger partial charge in [-0.15, -0.1) is 0 Å². The van der Waals surface area contributed by atoms with Crippen LogP contribution in [0.2, 0.25) is 0 Å². The van der Waals surface area contributed by atoms with Crippen molar-refractivity contribution in [2.75, 3.05) is 13.9 Å². The topological polar surface area (TPSA) is 18.5 Å². The molecule has 0 aromatic carbocycles. The molecule has 2 nitrogen and oxygen atoms in total. The van der Waals surface area contributed by atoms with Crippen molar-refractivity contribution in [2.45, 2.75) is 25.2 Å². The molecule has 0 heterocycles. The van der Waals surface area contributed by atoms with Gasteiger partial charge in [0.05, 0.1) is 0 Å². The van der Waals surface area contributed by atoms with E-state index in [4.69, 9.17) is 17.4 Å². The van der Waals surface area contributed by atoms with Crippen molar-refractivity contribution in [2.24, 2.45) is 0 Å². The summed E-state index contributed by atoms with van der Waals surface area (Å²) in [7, 11) is 1.59. The highest BCUT2D eigenvalue weighted by Gasteiger charge is 1.99. The van der Waals surface area contributed by atoms with Crippen LogP contribution in [-0.4, -0.2) is 19.3 Å². The van der Waals surface area contributed by atoms with Gasteiger partial charge in [0.15, 0.2) is 0 Å². The average molecular weight is 149 g/mol. The third kappa shape index (κ3) is 6.15. The van der Waals surface area contributed by atoms with Gasteiger partial charge in [0.25, 0.3) is 0 Å². The summed E-state index contributed by atoms with van der Waals surface area (Å²) in [5.74, 6) is 0. The summed E-state index contributed by atoms with van der Waals surface area (Å²) < 4.78 is 9.69. The van der Waals surface area contributed by atoms with E-state index in [1.165, 1.54) is 0 Å². The monoisotopic (exact) mass is 149 g/mol. The Hall–Kier alpha value is 0.270. The van der Waals surface area contributed by atoms with E-state index in [2.05, 4.69) is 11.7 Å². The smallest absolute Gasteiger partial charge is 0.147 e. The zero-order valence-electron chi connectivity index (χ0n) is 5.92. The quantitative estimate of drug-likeness (QED) is 0.556. The molecule has 0 aliphatic rings. The normalized spacial score (nSPS) is 13.7. The van der Waals surface area contributed by atoms with Gasteiger partial charge in [0.2, 0.25) is 0 Å². The molecule has 0 amide bonds. The van der Waals surface area contributed by atoms with Crippen LogP contribution in [-0.2, 0) is 9.47 Å². The van der Waals surface area contributed by atoms with E-state index in [9.17, 15) is 0 Å². The molecule has 0 aliphatic carbocycles. The van der Waals surface area contributed by atoms with Gasteiger partial charge >= 0.3 is 0 Å². The minimum Gasteiger partial charge on any atom is -0.359 e. The first-order valence-electron chi connectivity index (χ1n) is 3.07. The third-order valence-corrected chi connectivity index (χ3v) is 1.27. The largest absolute Gasteiger partial charge is 0.359 e. The van der Waals surface area contributed by atoms with Crippen molar-refractivity contribution >= 4 is 12.6 Å². The van der Waals surface area contributed by atoms with Crippen molar-refractivity contribution in [3.8, 4) is 0 Å². The van der Waals surface area contributed by atoms with E-state index in [0.29, 0.717) is 6.79 Å². The summed E-state index contributed by atoms with van der Waals surface area (Å²) in [6, 6.07) is 0. The lowest BCUT2D eigenvalue weighted by Gasteiger charge is -2.07. The second-order valence-corrected chi connectivity index (χ2v) is 2.32. The predicted molar refractivity (Wildman–Crippen MR) is 39.2 cm³/mol. The first-order valence-corrected chi connectivity index (χ1v) is 3.54. The summed E-state index contributed by atoms with van der Waals surface area (Å²) in [5, 5.41) is 0. The van der Waals surface area contributed by atoms with Gasteiger partial charge in [-0.1, -0.05) is 26.0 Å². The van der Waals surface area contributed by atoms with Crippen molar-refractivity contribution < 1.29 is 9.47 Å². The standard InChI is InChI=1S/C6H13O2S/c1-3-4-6(9)8-5-7-2/h6H,3-5H2,1-2H3. The van der Waals surface area contributed by atoms with Crippen LogP contribution in [0.1, 0.15) is 19.8 Å². The predicted octanol–water partition coefficient (Wildman–Crippen LogP) is 1.93. The van der Waals surface area contributed by atoms with Crippen molar-refractivity contribution in [1.29, 1.82) is 0 Å². The van der Waals surface area contributed by atoms with Gasteiger partial charge in [0.1, 0.15) is 12.2 Å². The Morgan fingerprint density at radius 3 is 2.67 bits per heavy atom. The molecule has 0 fully saturated rings. The SMILES string of the molecule is CCCC([S])OCOC. The molecule has 3 heteroatoms. The Morgan fingerprint density at radius 2 is 2.22 bits per heavy atom. The lowest BCUT2D eigenvalue weighted by atomic mass is 10.4. The minimum atomic E-state index is -0.0741. The van der Waals surface area contributed by atoms with Crippen molar-refractivity contribution in [3.05, 3.63) is 0 Å². The van der Waals surface area contributed by atoms with Crippen LogP contribution in [0.5, 0.6) is 0 Å². The molecular weight excluding hydrogens is 136 g/mol. The van der Waals surface area contributed by atoms with Crippen molar-refractivity contribution in [3.63, 3.8) is 0 Å². The summed E-state index contributed by atoms with van der Waals surface area (Å²) in [5.41, 5.74) is -0.0741. The molecule has 0 spiro atoms. The molecule has 0 aliphatic heterocycles. The highest BCUT2D eigenvalue weighted by Crippen LogP contribution is 2.04. The van der Waals surface area contributed by atoms with Crippen LogP contribution < -0.4 is 0 Å². The van der Waals surface area contributed by atoms with Crippen LogP contribution in [0.25, 0.3) is 0 Å². The number of hydrogen-bond acceptors (Lipinski definition) is 2. The van der Waals surface area contributed by atoms with Gasteiger partial charge in [-0.05, 0) is 6.42 Å². The Morgan fingerprint density at radius 1 is 1.56 bits per heavy atom. The summed E-state index contributed by atoms with van der Waals surface area (Å²) in [6.45, 7) is 2.39. The van der Waals surface area contributed by atoms with E-state index >= 15 is 0 Å². The molecule has 1 atom stereocenters. The van der Waals surface area contributed by atoms with E-state index in [1.54, 1.807) is 7.11 Å². The minimum absolute atomic E-state index is 0.0741. The third-order valence-electron chi connectivity index (χ3n) is 0.896. The van der Waals surface area contributed by atoms with Crippen LogP contribution in [0.3, 0.4) is 0 Å². The zero-order chi connectivity index (χ0) is 7.11. The lowest BCUT2D eigenvalue weighted by molar-refractivity contribution is -0.0430. The molecule has 0 bridgehead atoms. The molecular formula is C6H13O2S. The maximum atomic E-state index is 5.02. The van der Waals surface area contributed by atoms with Gasteiger partial charge < -0.3 is 9.47 Å². The van der Waals surface area contributed by atoms with E-state index in [1.807, 2.05) is 0 Å². The number of hydrogen-bond donors (Lipinski definition) is 0. The molecule has 9 heavy (non-hydrogen) atoms. The maximum Gasteiger partial charge on any atom is 0.147 e. The van der Waals surface area contributed by atoms with Crippen LogP contribution in [0, 0.1) is 0 Å². The van der Waals surface area contributed by atoms with E-state index in [-0.39, 0.29) is 5.44 Å². The maximum absolute atomic E-state index is 5.02. The summed E-state index contributed by atoms with van der Waals surface area (Å²) >= 11 is 4.90. The number of ether oxygens (including phenoxy) is 2. The molecule has 0 rings (SSSR count). The average Bonchev–Trinajstić information content (AvgIpc) is 1.85. The fourth-order valence-electron chi connectivity index (χ4n) is 0.463. The fraction of sp³-hybridized carbons (Fsp3) is 1.00. The Balaban J connectivity index is 2.95. The first-order chi connectivity index (χ1) is 4.31. The molecule has 0 N–H and O–H groups in total. The van der Waals surface area contributed by atoms with Crippen molar-refractivity contribution in [1.82, 2.24) is 0 Å². The second-order valence-electron chi connectivity index (χ2n) is 1.79. The summed E-state index contributed by atoms with van der Waals surface area (Å²) in [6.07, 6.45) is 2.00. The van der Waals surface area contributed by atoms with Crippen LogP contribution in [0.4, 0.5) is 0 Å². The highest BCUT2D eigenvalue weighted by molar-refractivity contribution is 7.80. The van der Waals surface area contributed by atoms with E-state index in [0.717, 1.165) is 12.8 Å². The Labute approximate surface area is 61.9 Å². The number of rotatable bonds is 5. The Kier molecular flexibility index (Phi) is 6.58. The molecule has 1 unspecified atom stereocenters. The molecule has 0 aromatic heterocycles. The van der Waals surface area contributed by atoms with Crippen LogP contribution >= 0.6 is 12.6 Å². The fourth-order valence-corrected chi connectivity index (χ4v) is 0.754. The first kappa shape index (κ1) is 9.27. The van der Waals surface area contributed by atoms with Gasteiger partial charge in [-0.2, -0.15) is 0 Å². The lowest BCUT2D eigenvalue weighted by Crippen LogP contribution is -2.06. The molecule has 0 saturated heterocycles. The van der Waals surface area contributed by atoms with Gasteiger partial charge in [-0.3, -0.25) is 0 Å².